The second-order valence-corrected chi connectivity index (χ2v) is 13.2. The average Bonchev–Trinajstić information content (AvgIpc) is 3.43. The van der Waals surface area contributed by atoms with Gasteiger partial charge in [-0.2, -0.15) is 0 Å². The number of carbonyl (C=O) groups excluding carboxylic acids is 1. The first-order chi connectivity index (χ1) is 22.3. The number of fused-ring (bicyclic) bond motifs is 2. The number of terminal acetylenes is 1. The smallest absolute Gasteiger partial charge is 0.159 e. The Kier molecular flexibility index (Phi) is 12.4. The van der Waals surface area contributed by atoms with Crippen LogP contribution in [0.2, 0.25) is 0 Å². The van der Waals surface area contributed by atoms with E-state index in [1.54, 1.807) is 6.08 Å². The van der Waals surface area contributed by atoms with Gasteiger partial charge < -0.3 is 0 Å². The molecule has 3 aromatic rings. The highest BCUT2D eigenvalue weighted by atomic mass is 16.1. The van der Waals surface area contributed by atoms with E-state index in [-0.39, 0.29) is 14.6 Å². The summed E-state index contributed by atoms with van der Waals surface area (Å²) in [6.07, 6.45) is 26.8. The quantitative estimate of drug-likeness (QED) is 0.146. The molecule has 1 saturated carbocycles. The minimum atomic E-state index is 0. The Labute approximate surface area is 286 Å². The van der Waals surface area contributed by atoms with Crippen LogP contribution in [-0.4, -0.2) is 5.78 Å². The zero-order chi connectivity index (χ0) is 32.6. The third-order valence-corrected chi connectivity index (χ3v) is 9.78. The summed E-state index contributed by atoms with van der Waals surface area (Å²) in [4.78, 5) is 12.4. The van der Waals surface area contributed by atoms with Crippen molar-refractivity contribution < 1.29 is 6.22 Å². The predicted octanol–water partition coefficient (Wildman–Crippen LogP) is 12.5. The zero-order valence-electron chi connectivity index (χ0n) is 28.2. The van der Waals surface area contributed by atoms with Gasteiger partial charge in [-0.1, -0.05) is 134 Å². The summed E-state index contributed by atoms with van der Waals surface area (Å²) in [6.45, 7) is 12.9. The van der Waals surface area contributed by atoms with Crippen LogP contribution in [0.1, 0.15) is 125 Å². The van der Waals surface area contributed by atoms with Gasteiger partial charge in [-0.05, 0) is 112 Å². The molecule has 3 aromatic carbocycles. The van der Waals surface area contributed by atoms with Gasteiger partial charge >= 0.3 is 0 Å². The van der Waals surface area contributed by atoms with E-state index in [9.17, 15) is 4.79 Å². The van der Waals surface area contributed by atoms with Gasteiger partial charge in [-0.25, -0.2) is 0 Å². The highest BCUT2D eigenvalue weighted by molar-refractivity contribution is 6.06. The van der Waals surface area contributed by atoms with E-state index >= 15 is 0 Å². The van der Waals surface area contributed by atoms with Gasteiger partial charge in [0.05, 0.1) is 0 Å². The van der Waals surface area contributed by atoms with Gasteiger partial charge in [0.15, 0.2) is 5.78 Å². The Morgan fingerprint density at radius 2 is 1.81 bits per heavy atom. The number of hydrogen-bond donors (Lipinski definition) is 0. The van der Waals surface area contributed by atoms with Crippen molar-refractivity contribution >= 4 is 23.0 Å². The molecule has 1 atom stereocenters. The molecule has 0 saturated heterocycles. The van der Waals surface area contributed by atoms with E-state index in [2.05, 4.69) is 87.6 Å². The first kappa shape index (κ1) is 35.5. The van der Waals surface area contributed by atoms with Crippen molar-refractivity contribution in [3.63, 3.8) is 0 Å². The first-order valence-corrected chi connectivity index (χ1v) is 17.2. The molecule has 0 bridgehead atoms. The number of hydrogen-bond acceptors (Lipinski definition) is 1. The van der Waals surface area contributed by atoms with Crippen molar-refractivity contribution in [2.24, 2.45) is 5.92 Å². The van der Waals surface area contributed by atoms with Crippen LogP contribution in [0.5, 0.6) is 0 Å². The normalized spacial score (nSPS) is 16.5. The molecule has 0 spiro atoms. The molecule has 6 rings (SSSR count). The van der Waals surface area contributed by atoms with Gasteiger partial charge in [0.1, 0.15) is 0 Å². The maximum absolute atomic E-state index is 12.4. The lowest BCUT2D eigenvalue weighted by atomic mass is 9.80. The second-order valence-electron chi connectivity index (χ2n) is 13.2. The van der Waals surface area contributed by atoms with Crippen molar-refractivity contribution in [3.8, 4) is 23.5 Å². The summed E-state index contributed by atoms with van der Waals surface area (Å²) in [5.41, 5.74) is 17.1. The summed E-state index contributed by atoms with van der Waals surface area (Å²) in [5.74, 6) is 4.36. The van der Waals surface area contributed by atoms with Crippen LogP contribution in [0.3, 0.4) is 0 Å². The molecule has 3 aliphatic rings. The monoisotopic (exact) mass is 622 g/mol. The maximum atomic E-state index is 12.4. The van der Waals surface area contributed by atoms with Crippen molar-refractivity contribution in [2.75, 3.05) is 0 Å². The number of ketones is 1. The lowest BCUT2D eigenvalue weighted by molar-refractivity contribution is -0.114. The summed E-state index contributed by atoms with van der Waals surface area (Å²) < 4.78 is 0. The summed E-state index contributed by atoms with van der Waals surface area (Å²) >= 11 is 0. The molecule has 0 amide bonds. The lowest BCUT2D eigenvalue weighted by Gasteiger charge is -2.24. The molecule has 0 N–H and O–H groups in total. The van der Waals surface area contributed by atoms with Crippen LogP contribution in [0.4, 0.5) is 0 Å². The Morgan fingerprint density at radius 3 is 2.49 bits per heavy atom. The highest BCUT2D eigenvalue weighted by Gasteiger charge is 2.23. The molecule has 0 radical (unpaired) electrons. The number of aryl methyl sites for hydroxylation is 1. The topological polar surface area (TPSA) is 17.1 Å². The Hall–Kier alpha value is -4.37. The van der Waals surface area contributed by atoms with Gasteiger partial charge in [-0.15, -0.1) is 12.2 Å². The molecule has 244 valence electrons. The van der Waals surface area contributed by atoms with Crippen LogP contribution in [0, 0.1) is 25.2 Å². The number of carbonyl (C=O) groups is 1. The van der Waals surface area contributed by atoms with Gasteiger partial charge in [0, 0.05) is 19.0 Å². The summed E-state index contributed by atoms with van der Waals surface area (Å²) in [5, 5.41) is 0. The number of rotatable bonds is 7. The maximum Gasteiger partial charge on any atom is 0.159 e. The molecular weight excluding hydrogens is 569 g/mol. The van der Waals surface area contributed by atoms with Crippen LogP contribution < -0.4 is 0 Å². The van der Waals surface area contributed by atoms with E-state index in [0.717, 1.165) is 53.0 Å². The van der Waals surface area contributed by atoms with Crippen molar-refractivity contribution in [1.29, 1.82) is 0 Å². The standard InChI is InChI=1S/C38H34O.C7H14.CH4.H2/c1-6-9-12-31(39)23-28-19-20-29(22-27(28)7-2)32(8-3)33-13-10-15-35-34(33)14-11-16-36(35)38-24-30-18-17-25(4)37(30)21-26(38)5;1-7-5-3-2-4-6-7;;/h2,9,11-14,16-22,24-25H,3,6,10,15,23H2,1,4-5H3;7H,2-6H2,1H3;1H4;1H/b12-9+;;;. The van der Waals surface area contributed by atoms with Crippen molar-refractivity contribution in [1.82, 2.24) is 0 Å². The Balaban J connectivity index is 0.000000619. The van der Waals surface area contributed by atoms with E-state index in [4.69, 9.17) is 6.42 Å². The highest BCUT2D eigenvalue weighted by Crippen LogP contribution is 2.42. The van der Waals surface area contributed by atoms with Crippen LogP contribution in [-0.2, 0) is 17.6 Å². The van der Waals surface area contributed by atoms with E-state index in [1.165, 1.54) is 71.0 Å². The minimum Gasteiger partial charge on any atom is -0.294 e. The first-order valence-electron chi connectivity index (χ1n) is 17.2. The summed E-state index contributed by atoms with van der Waals surface area (Å²) in [6, 6.07) is 17.3. The van der Waals surface area contributed by atoms with Gasteiger partial charge in [0.25, 0.3) is 0 Å². The molecule has 0 aliphatic heterocycles. The second kappa shape index (κ2) is 16.5. The molecule has 1 unspecified atom stereocenters. The Morgan fingerprint density at radius 1 is 1.04 bits per heavy atom. The molecular formula is C46H54O. The van der Waals surface area contributed by atoms with E-state index < -0.39 is 0 Å². The Bertz CT molecular complexity index is 1790. The SMILES string of the molecule is C.C#Cc1cc(C(=C=C)C2=CCCc3c2cccc3-c2cc3c(cc2C)C(C)C=C3)ccc1CC(=O)/C=C/CC.CC1CCCCC1.[HH]. The van der Waals surface area contributed by atoms with Crippen LogP contribution in [0.15, 0.2) is 85.1 Å². The zero-order valence-corrected chi connectivity index (χ0v) is 28.2. The van der Waals surface area contributed by atoms with E-state index in [1.807, 2.05) is 31.2 Å². The van der Waals surface area contributed by atoms with Gasteiger partial charge in [-0.3, -0.25) is 4.79 Å². The molecule has 1 fully saturated rings. The third-order valence-electron chi connectivity index (χ3n) is 9.78. The third kappa shape index (κ3) is 8.14. The van der Waals surface area contributed by atoms with Gasteiger partial charge in [0.2, 0.25) is 0 Å². The molecule has 1 nitrogen and oxygen atoms in total. The average molecular weight is 623 g/mol. The number of benzene rings is 3. The molecule has 1 heteroatoms. The number of allylic oxidation sites excluding steroid dienone is 6. The fraction of sp³-hybridized carbons (Fsp3) is 0.348. The van der Waals surface area contributed by atoms with Crippen molar-refractivity contribution in [3.05, 3.63) is 130 Å². The predicted molar refractivity (Wildman–Crippen MR) is 207 cm³/mol. The van der Waals surface area contributed by atoms with Crippen LogP contribution in [0.25, 0.3) is 28.3 Å². The fourth-order valence-corrected chi connectivity index (χ4v) is 7.17. The largest absolute Gasteiger partial charge is 0.294 e. The van der Waals surface area contributed by atoms with Crippen LogP contribution >= 0.6 is 0 Å². The molecule has 0 aromatic heterocycles. The molecule has 3 aliphatic carbocycles. The van der Waals surface area contributed by atoms with Crippen molar-refractivity contribution in [2.45, 2.75) is 98.8 Å². The molecule has 0 heterocycles. The lowest BCUT2D eigenvalue weighted by Crippen LogP contribution is -2.05. The molecule has 47 heavy (non-hydrogen) atoms. The fourth-order valence-electron chi connectivity index (χ4n) is 7.17. The minimum absolute atomic E-state index is 0. The van der Waals surface area contributed by atoms with E-state index in [0.29, 0.717) is 12.3 Å². The summed E-state index contributed by atoms with van der Waals surface area (Å²) in [7, 11) is 0.